The van der Waals surface area contributed by atoms with Crippen molar-refractivity contribution in [2.45, 2.75) is 65.1 Å². The third-order valence-electron chi connectivity index (χ3n) is 3.19. The van der Waals surface area contributed by atoms with Gasteiger partial charge in [-0.2, -0.15) is 0 Å². The molecule has 3 N–H and O–H groups in total. The van der Waals surface area contributed by atoms with Crippen molar-refractivity contribution in [2.24, 2.45) is 10.9 Å². The molecule has 6 nitrogen and oxygen atoms in total. The highest BCUT2D eigenvalue weighted by Gasteiger charge is 2.33. The second kappa shape index (κ2) is 6.54. The molecule has 0 spiro atoms. The fraction of sp³-hybridized carbons (Fsp3) is 0.867. The number of nitrogens with one attached hydrogen (secondary N) is 3. The van der Waals surface area contributed by atoms with Crippen LogP contribution in [0.25, 0.3) is 0 Å². The number of carbonyl (C=O) groups excluding carboxylic acids is 1. The average molecular weight is 298 g/mol. The Hall–Kier alpha value is -1.46. The summed E-state index contributed by atoms with van der Waals surface area (Å²) in [4.78, 5) is 16.0. The van der Waals surface area contributed by atoms with Gasteiger partial charge in [0.15, 0.2) is 5.96 Å². The van der Waals surface area contributed by atoms with Crippen LogP contribution in [0.5, 0.6) is 0 Å². The Kier molecular flexibility index (Phi) is 5.48. The Bertz CT molecular complexity index is 399. The van der Waals surface area contributed by atoms with Crippen LogP contribution in [0, 0.1) is 5.92 Å². The van der Waals surface area contributed by atoms with Gasteiger partial charge in [0.05, 0.1) is 5.54 Å². The molecule has 0 heterocycles. The first-order valence-electron chi connectivity index (χ1n) is 7.51. The van der Waals surface area contributed by atoms with E-state index in [2.05, 4.69) is 27.9 Å². The van der Waals surface area contributed by atoms with Crippen molar-refractivity contribution in [3.8, 4) is 0 Å². The Balaban J connectivity index is 2.38. The molecule has 0 aromatic carbocycles. The number of guanidine groups is 1. The number of hydrogen-bond donors (Lipinski definition) is 3. The summed E-state index contributed by atoms with van der Waals surface area (Å²) in [5.74, 6) is 1.47. The van der Waals surface area contributed by atoms with Gasteiger partial charge in [-0.3, -0.25) is 4.99 Å². The molecule has 1 amide bonds. The molecule has 6 heteroatoms. The number of hydrogen-bond acceptors (Lipinski definition) is 3. The standard InChI is InChI=1S/C15H30N4O2/c1-10-8-11(10)18-12(16-7)17-9-15(5,6)19-13(20)21-14(2,3)4/h10-11H,8-9H2,1-7H3,(H,19,20)(H2,16,17,18). The van der Waals surface area contributed by atoms with Crippen LogP contribution in [0.15, 0.2) is 4.99 Å². The zero-order valence-corrected chi connectivity index (χ0v) is 14.3. The SMILES string of the molecule is CN=C(NCC(C)(C)NC(=O)OC(C)(C)C)NC1CC1C. The first kappa shape index (κ1) is 17.6. The highest BCUT2D eigenvalue weighted by atomic mass is 16.6. The fourth-order valence-corrected chi connectivity index (χ4v) is 1.82. The number of alkyl carbamates (subject to hydrolysis) is 1. The summed E-state index contributed by atoms with van der Waals surface area (Å²) < 4.78 is 5.27. The maximum absolute atomic E-state index is 11.8. The van der Waals surface area contributed by atoms with Crippen LogP contribution in [0.1, 0.15) is 48.0 Å². The van der Waals surface area contributed by atoms with Crippen LogP contribution in [0.4, 0.5) is 4.79 Å². The smallest absolute Gasteiger partial charge is 0.408 e. The van der Waals surface area contributed by atoms with Crippen LogP contribution >= 0.6 is 0 Å². The van der Waals surface area contributed by atoms with Gasteiger partial charge in [-0.1, -0.05) is 6.92 Å². The molecule has 0 aromatic heterocycles. The molecule has 1 fully saturated rings. The lowest BCUT2D eigenvalue weighted by Crippen LogP contribution is -2.54. The molecule has 2 unspecified atom stereocenters. The van der Waals surface area contributed by atoms with E-state index in [1.165, 1.54) is 6.42 Å². The van der Waals surface area contributed by atoms with Crippen LogP contribution in [-0.2, 0) is 4.74 Å². The summed E-state index contributed by atoms with van der Waals surface area (Å²) >= 11 is 0. The van der Waals surface area contributed by atoms with E-state index < -0.39 is 17.2 Å². The molecule has 1 saturated carbocycles. The number of aliphatic imine (C=N–C) groups is 1. The minimum atomic E-state index is -0.493. The van der Waals surface area contributed by atoms with Crippen molar-refractivity contribution in [3.63, 3.8) is 0 Å². The van der Waals surface area contributed by atoms with E-state index in [9.17, 15) is 4.79 Å². The molecule has 0 aliphatic heterocycles. The molecule has 122 valence electrons. The van der Waals surface area contributed by atoms with E-state index in [0.717, 1.165) is 5.96 Å². The Morgan fingerprint density at radius 3 is 2.29 bits per heavy atom. The van der Waals surface area contributed by atoms with Gasteiger partial charge in [-0.25, -0.2) is 4.79 Å². The van der Waals surface area contributed by atoms with Crippen LogP contribution in [0.3, 0.4) is 0 Å². The quantitative estimate of drug-likeness (QED) is 0.547. The first-order valence-corrected chi connectivity index (χ1v) is 7.51. The van der Waals surface area contributed by atoms with E-state index in [1.54, 1.807) is 7.05 Å². The van der Waals surface area contributed by atoms with Crippen LogP contribution < -0.4 is 16.0 Å². The molecule has 1 aliphatic rings. The van der Waals surface area contributed by atoms with E-state index in [-0.39, 0.29) is 0 Å². The Morgan fingerprint density at radius 2 is 1.86 bits per heavy atom. The lowest BCUT2D eigenvalue weighted by molar-refractivity contribution is 0.0474. The molecule has 1 rings (SSSR count). The molecule has 0 bridgehead atoms. The minimum absolute atomic E-state index is 0.409. The Morgan fingerprint density at radius 1 is 1.29 bits per heavy atom. The van der Waals surface area contributed by atoms with E-state index in [0.29, 0.717) is 18.5 Å². The van der Waals surface area contributed by atoms with Gasteiger partial charge in [-0.05, 0) is 47.0 Å². The van der Waals surface area contributed by atoms with Gasteiger partial charge < -0.3 is 20.7 Å². The summed E-state index contributed by atoms with van der Waals surface area (Å²) in [7, 11) is 1.75. The molecule has 2 atom stereocenters. The van der Waals surface area contributed by atoms with Gasteiger partial charge in [0, 0.05) is 19.6 Å². The summed E-state index contributed by atoms with van der Waals surface area (Å²) in [6.07, 6.45) is 0.772. The fourth-order valence-electron chi connectivity index (χ4n) is 1.82. The molecule has 21 heavy (non-hydrogen) atoms. The molecule has 1 aliphatic carbocycles. The van der Waals surface area contributed by atoms with Gasteiger partial charge >= 0.3 is 6.09 Å². The highest BCUT2D eigenvalue weighted by molar-refractivity contribution is 5.80. The predicted octanol–water partition coefficient (Wildman–Crippen LogP) is 1.86. The van der Waals surface area contributed by atoms with Crippen molar-refractivity contribution in [1.82, 2.24) is 16.0 Å². The van der Waals surface area contributed by atoms with Crippen molar-refractivity contribution in [3.05, 3.63) is 0 Å². The van der Waals surface area contributed by atoms with Gasteiger partial charge in [0.25, 0.3) is 0 Å². The summed E-state index contributed by atoms with van der Waals surface area (Å²) in [5.41, 5.74) is -0.928. The van der Waals surface area contributed by atoms with Crippen molar-refractivity contribution >= 4 is 12.1 Å². The molecular formula is C15H30N4O2. The Labute approximate surface area is 128 Å². The largest absolute Gasteiger partial charge is 0.444 e. The second-order valence-electron chi connectivity index (χ2n) is 7.40. The normalized spacial score (nSPS) is 22.5. The summed E-state index contributed by atoms with van der Waals surface area (Å²) in [6.45, 7) is 12.2. The maximum atomic E-state index is 11.8. The van der Waals surface area contributed by atoms with Gasteiger partial charge in [-0.15, -0.1) is 0 Å². The average Bonchev–Trinajstić information content (AvgIpc) is 2.96. The van der Waals surface area contributed by atoms with Gasteiger partial charge in [0.1, 0.15) is 5.60 Å². The van der Waals surface area contributed by atoms with E-state index in [1.807, 2.05) is 34.6 Å². The topological polar surface area (TPSA) is 74.8 Å². The highest BCUT2D eigenvalue weighted by Crippen LogP contribution is 2.28. The van der Waals surface area contributed by atoms with Crippen LogP contribution in [0.2, 0.25) is 0 Å². The first-order chi connectivity index (χ1) is 9.52. The zero-order chi connectivity index (χ0) is 16.3. The summed E-state index contributed by atoms with van der Waals surface area (Å²) in [5, 5.41) is 9.45. The number of rotatable bonds is 4. The second-order valence-corrected chi connectivity index (χ2v) is 7.40. The monoisotopic (exact) mass is 298 g/mol. The summed E-state index contributed by atoms with van der Waals surface area (Å²) in [6, 6.07) is 0.512. The molecule has 0 saturated heterocycles. The minimum Gasteiger partial charge on any atom is -0.444 e. The number of ether oxygens (including phenoxy) is 1. The molecule has 0 aromatic rings. The maximum Gasteiger partial charge on any atom is 0.408 e. The van der Waals surface area contributed by atoms with Crippen molar-refractivity contribution in [1.29, 1.82) is 0 Å². The zero-order valence-electron chi connectivity index (χ0n) is 14.3. The van der Waals surface area contributed by atoms with Crippen molar-refractivity contribution < 1.29 is 9.53 Å². The lowest BCUT2D eigenvalue weighted by atomic mass is 10.1. The third-order valence-corrected chi connectivity index (χ3v) is 3.19. The van der Waals surface area contributed by atoms with Crippen molar-refractivity contribution in [2.75, 3.05) is 13.6 Å². The third kappa shape index (κ3) is 7.20. The number of carbonyl (C=O) groups is 1. The molecular weight excluding hydrogens is 268 g/mol. The van der Waals surface area contributed by atoms with Crippen LogP contribution in [-0.4, -0.2) is 42.8 Å². The van der Waals surface area contributed by atoms with E-state index >= 15 is 0 Å². The number of amides is 1. The molecule has 0 radical (unpaired) electrons. The lowest BCUT2D eigenvalue weighted by Gasteiger charge is -2.29. The predicted molar refractivity (Wildman–Crippen MR) is 85.5 cm³/mol. The number of nitrogens with zero attached hydrogens (tertiary/aromatic N) is 1. The van der Waals surface area contributed by atoms with E-state index in [4.69, 9.17) is 4.74 Å². The van der Waals surface area contributed by atoms with Gasteiger partial charge in [0.2, 0.25) is 0 Å².